The molecule has 0 rings (SSSR count). The van der Waals surface area contributed by atoms with E-state index in [9.17, 15) is 33.6 Å². The fourth-order valence-corrected chi connectivity index (χ4v) is 2.12. The minimum absolute atomic E-state index is 0.395. The van der Waals surface area contributed by atoms with Gasteiger partial charge in [-0.2, -0.15) is 0 Å². The number of carbonyl (C=O) groups is 7. The van der Waals surface area contributed by atoms with E-state index in [4.69, 9.17) is 26.8 Å². The molecular formula is C15H23N5O10. The second kappa shape index (κ2) is 12.7. The van der Waals surface area contributed by atoms with Gasteiger partial charge in [0.2, 0.25) is 23.6 Å². The Labute approximate surface area is 169 Å². The van der Waals surface area contributed by atoms with Gasteiger partial charge in [0, 0.05) is 6.42 Å². The van der Waals surface area contributed by atoms with Crippen LogP contribution in [0.4, 0.5) is 0 Å². The van der Waals surface area contributed by atoms with Crippen molar-refractivity contribution < 1.29 is 48.9 Å². The van der Waals surface area contributed by atoms with Crippen LogP contribution in [0.15, 0.2) is 0 Å². The number of nitrogens with two attached hydrogens (primary N) is 2. The summed E-state index contributed by atoms with van der Waals surface area (Å²) in [5, 5.41) is 32.7. The van der Waals surface area contributed by atoms with Gasteiger partial charge in [0.15, 0.2) is 0 Å². The maximum Gasteiger partial charge on any atom is 0.326 e. The molecule has 0 aliphatic heterocycles. The van der Waals surface area contributed by atoms with Gasteiger partial charge in [-0.1, -0.05) is 0 Å². The van der Waals surface area contributed by atoms with E-state index < -0.39 is 91.9 Å². The first-order chi connectivity index (χ1) is 13.9. The molecule has 4 amide bonds. The van der Waals surface area contributed by atoms with E-state index >= 15 is 0 Å². The molecule has 0 fully saturated rings. The summed E-state index contributed by atoms with van der Waals surface area (Å²) in [5.41, 5.74) is 10.0. The van der Waals surface area contributed by atoms with Crippen molar-refractivity contribution in [2.24, 2.45) is 11.5 Å². The maximum atomic E-state index is 12.4. The fourth-order valence-electron chi connectivity index (χ4n) is 2.12. The molecule has 0 saturated carbocycles. The number of carboxylic acid groups (broad SMARTS) is 3. The van der Waals surface area contributed by atoms with E-state index in [1.54, 1.807) is 0 Å². The molecule has 0 aromatic heterocycles. The van der Waals surface area contributed by atoms with Crippen LogP contribution in [0.2, 0.25) is 0 Å². The number of hydrogen-bond donors (Lipinski definition) is 8. The molecule has 30 heavy (non-hydrogen) atoms. The zero-order valence-corrected chi connectivity index (χ0v) is 15.6. The third-order valence-corrected chi connectivity index (χ3v) is 3.52. The van der Waals surface area contributed by atoms with Crippen molar-refractivity contribution in [2.75, 3.05) is 6.54 Å². The van der Waals surface area contributed by atoms with Gasteiger partial charge in [0.1, 0.15) is 18.1 Å². The van der Waals surface area contributed by atoms with Gasteiger partial charge in [-0.05, 0) is 6.42 Å². The molecule has 168 valence electrons. The molecule has 0 aliphatic carbocycles. The molecule has 0 radical (unpaired) electrons. The lowest BCUT2D eigenvalue weighted by atomic mass is 10.1. The summed E-state index contributed by atoms with van der Waals surface area (Å²) < 4.78 is 0. The summed E-state index contributed by atoms with van der Waals surface area (Å²) >= 11 is 0. The molecule has 0 aliphatic rings. The first-order valence-electron chi connectivity index (χ1n) is 8.42. The van der Waals surface area contributed by atoms with Gasteiger partial charge in [-0.3, -0.25) is 28.8 Å². The zero-order valence-electron chi connectivity index (χ0n) is 15.6. The van der Waals surface area contributed by atoms with Crippen LogP contribution in [0.3, 0.4) is 0 Å². The summed E-state index contributed by atoms with van der Waals surface area (Å²) in [5.74, 6) is -8.66. The average molecular weight is 433 g/mol. The van der Waals surface area contributed by atoms with E-state index in [2.05, 4.69) is 5.32 Å². The third kappa shape index (κ3) is 10.5. The molecule has 15 heteroatoms. The van der Waals surface area contributed by atoms with Gasteiger partial charge < -0.3 is 42.7 Å². The van der Waals surface area contributed by atoms with Crippen molar-refractivity contribution in [3.05, 3.63) is 0 Å². The molecule has 15 nitrogen and oxygen atoms in total. The predicted molar refractivity (Wildman–Crippen MR) is 95.4 cm³/mol. The number of rotatable bonds is 14. The minimum atomic E-state index is -1.80. The van der Waals surface area contributed by atoms with E-state index in [0.29, 0.717) is 0 Å². The first kappa shape index (κ1) is 26.2. The largest absolute Gasteiger partial charge is 0.481 e. The van der Waals surface area contributed by atoms with Crippen LogP contribution < -0.4 is 27.4 Å². The lowest BCUT2D eigenvalue weighted by molar-refractivity contribution is -0.144. The monoisotopic (exact) mass is 433 g/mol. The number of carbonyl (C=O) groups excluding carboxylic acids is 4. The number of hydrogen-bond acceptors (Lipinski definition) is 8. The van der Waals surface area contributed by atoms with Crippen LogP contribution in [0, 0.1) is 0 Å². The van der Waals surface area contributed by atoms with Gasteiger partial charge in [-0.15, -0.1) is 0 Å². The molecule has 0 spiro atoms. The Kier molecular flexibility index (Phi) is 11.1. The average Bonchev–Trinajstić information content (AvgIpc) is 2.62. The number of carboxylic acids is 3. The van der Waals surface area contributed by atoms with Crippen LogP contribution in [-0.2, 0) is 33.6 Å². The predicted octanol–water partition coefficient (Wildman–Crippen LogP) is -4.30. The Morgan fingerprint density at radius 2 is 1.27 bits per heavy atom. The van der Waals surface area contributed by atoms with Crippen molar-refractivity contribution >= 4 is 41.5 Å². The molecule has 0 saturated heterocycles. The number of aliphatic carboxylic acids is 3. The van der Waals surface area contributed by atoms with E-state index in [0.717, 1.165) is 0 Å². The SMILES string of the molecule is NCC(=O)NC(CCC(=O)O)C(=O)NC(CC(=O)O)C(=O)NC(CC(N)=O)C(=O)O. The van der Waals surface area contributed by atoms with Crippen LogP contribution in [0.1, 0.15) is 25.7 Å². The smallest absolute Gasteiger partial charge is 0.326 e. The van der Waals surface area contributed by atoms with Crippen molar-refractivity contribution in [3.8, 4) is 0 Å². The molecule has 0 heterocycles. The fraction of sp³-hybridized carbons (Fsp3) is 0.533. The topological polar surface area (TPSA) is 268 Å². The molecule has 0 aromatic rings. The highest BCUT2D eigenvalue weighted by molar-refractivity contribution is 5.96. The normalized spacial score (nSPS) is 13.2. The quantitative estimate of drug-likeness (QED) is 0.130. The Bertz CT molecular complexity index is 710. The van der Waals surface area contributed by atoms with Gasteiger partial charge >= 0.3 is 17.9 Å². The first-order valence-corrected chi connectivity index (χ1v) is 8.42. The Morgan fingerprint density at radius 1 is 0.733 bits per heavy atom. The summed E-state index contributed by atoms with van der Waals surface area (Å²) in [7, 11) is 0. The third-order valence-electron chi connectivity index (χ3n) is 3.52. The maximum absolute atomic E-state index is 12.4. The standard InChI is InChI=1S/C15H23N5O10/c16-5-10(22)18-6(1-2-11(23)24)13(27)19-7(4-12(25)26)14(28)20-8(15(29)30)3-9(17)21/h6-8H,1-5,16H2,(H2,17,21)(H,18,22)(H,19,27)(H,20,28)(H,23,24)(H,25,26)(H,29,30). The molecule has 3 unspecified atom stereocenters. The molecule has 10 N–H and O–H groups in total. The number of primary amides is 1. The van der Waals surface area contributed by atoms with E-state index in [1.165, 1.54) is 0 Å². The zero-order chi connectivity index (χ0) is 23.4. The van der Waals surface area contributed by atoms with Gasteiger partial charge in [0.25, 0.3) is 0 Å². The van der Waals surface area contributed by atoms with Crippen LogP contribution >= 0.6 is 0 Å². The van der Waals surface area contributed by atoms with Gasteiger partial charge in [-0.25, -0.2) is 4.79 Å². The number of amides is 4. The lowest BCUT2D eigenvalue weighted by Gasteiger charge is -2.23. The van der Waals surface area contributed by atoms with Crippen LogP contribution in [0.5, 0.6) is 0 Å². The van der Waals surface area contributed by atoms with Crippen LogP contribution in [-0.4, -0.2) is 81.5 Å². The molecular weight excluding hydrogens is 410 g/mol. The highest BCUT2D eigenvalue weighted by Crippen LogP contribution is 2.03. The lowest BCUT2D eigenvalue weighted by Crippen LogP contribution is -2.57. The molecule has 0 bridgehead atoms. The Balaban J connectivity index is 5.44. The summed E-state index contributed by atoms with van der Waals surface area (Å²) in [4.78, 5) is 79.9. The highest BCUT2D eigenvalue weighted by atomic mass is 16.4. The number of nitrogens with one attached hydrogen (secondary N) is 3. The Morgan fingerprint density at radius 3 is 1.70 bits per heavy atom. The van der Waals surface area contributed by atoms with Crippen molar-refractivity contribution in [1.82, 2.24) is 16.0 Å². The molecule has 0 aromatic carbocycles. The summed E-state index contributed by atoms with van der Waals surface area (Å²) in [6, 6.07) is -5.03. The molecule has 3 atom stereocenters. The summed E-state index contributed by atoms with van der Waals surface area (Å²) in [6.45, 7) is -0.525. The van der Waals surface area contributed by atoms with Crippen LogP contribution in [0.25, 0.3) is 0 Å². The van der Waals surface area contributed by atoms with Gasteiger partial charge in [0.05, 0.1) is 19.4 Å². The minimum Gasteiger partial charge on any atom is -0.481 e. The van der Waals surface area contributed by atoms with E-state index in [1.807, 2.05) is 10.6 Å². The van der Waals surface area contributed by atoms with Crippen molar-refractivity contribution in [3.63, 3.8) is 0 Å². The summed E-state index contributed by atoms with van der Waals surface area (Å²) in [6.07, 6.45) is -2.70. The second-order valence-corrected chi connectivity index (χ2v) is 5.99. The van der Waals surface area contributed by atoms with Crippen molar-refractivity contribution in [2.45, 2.75) is 43.8 Å². The second-order valence-electron chi connectivity index (χ2n) is 5.99. The Hall–Kier alpha value is -3.75. The van der Waals surface area contributed by atoms with Crippen molar-refractivity contribution in [1.29, 1.82) is 0 Å². The highest BCUT2D eigenvalue weighted by Gasteiger charge is 2.31. The van der Waals surface area contributed by atoms with E-state index in [-0.39, 0.29) is 0 Å².